The average molecular weight is 509 g/mol. The highest BCUT2D eigenvalue weighted by atomic mass is 32.2. The van der Waals surface area contributed by atoms with Gasteiger partial charge in [-0.25, -0.2) is 15.0 Å². The Hall–Kier alpha value is -3.19. The van der Waals surface area contributed by atoms with Crippen LogP contribution in [0.5, 0.6) is 5.88 Å². The Morgan fingerprint density at radius 3 is 2.60 bits per heavy atom. The van der Waals surface area contributed by atoms with E-state index in [9.17, 15) is 22.8 Å². The zero-order valence-electron chi connectivity index (χ0n) is 18.5. The van der Waals surface area contributed by atoms with Crippen molar-refractivity contribution in [3.8, 4) is 5.88 Å². The summed E-state index contributed by atoms with van der Waals surface area (Å²) in [6, 6.07) is 5.38. The number of thioether (sulfide) groups is 1. The van der Waals surface area contributed by atoms with E-state index in [-0.39, 0.29) is 22.9 Å². The molecule has 2 fully saturated rings. The number of imide groups is 1. The van der Waals surface area contributed by atoms with Gasteiger partial charge in [0, 0.05) is 36.6 Å². The zero-order valence-corrected chi connectivity index (χ0v) is 19.3. The lowest BCUT2D eigenvalue weighted by Crippen LogP contribution is -2.37. The number of hydrogen-bond acceptors (Lipinski definition) is 9. The Morgan fingerprint density at radius 2 is 1.89 bits per heavy atom. The van der Waals surface area contributed by atoms with Crippen LogP contribution >= 0.6 is 11.8 Å². The molecule has 2 aromatic rings. The highest BCUT2D eigenvalue weighted by Crippen LogP contribution is 2.26. The zero-order chi connectivity index (χ0) is 24.8. The number of ether oxygens (including phenoxy) is 1. The standard InChI is InChI=1S/C22H23F3N6O3S/c23-22(24,25)12-34-19-13(2-1-8-26-19)11-28-14-3-5-15(6-4-14)29-20-27-9-7-16(30-20)10-17-18(32)31-21(33)35-17/h1-2,7-10,14-15,28H,3-6,11-12H2,(H,27,29,30)(H,31,32,33)/b17-10-/t14-,15-. The molecule has 0 bridgehead atoms. The Morgan fingerprint density at radius 1 is 1.11 bits per heavy atom. The first kappa shape index (κ1) is 24.9. The summed E-state index contributed by atoms with van der Waals surface area (Å²) in [5, 5.41) is 8.49. The molecule has 0 radical (unpaired) electrons. The lowest BCUT2D eigenvalue weighted by Gasteiger charge is -2.30. The van der Waals surface area contributed by atoms with E-state index in [0.717, 1.165) is 37.4 Å². The lowest BCUT2D eigenvalue weighted by molar-refractivity contribution is -0.154. The SMILES string of the molecule is O=C1NC(=O)/C(=C/c2ccnc(N[C@H]3CC[C@H](NCc4cccnc4OCC(F)(F)F)CC3)n2)S1. The van der Waals surface area contributed by atoms with Crippen LogP contribution in [0.1, 0.15) is 36.9 Å². The van der Waals surface area contributed by atoms with Crippen LogP contribution in [0.4, 0.5) is 23.9 Å². The summed E-state index contributed by atoms with van der Waals surface area (Å²) in [4.78, 5) is 35.9. The summed E-state index contributed by atoms with van der Waals surface area (Å²) >= 11 is 0.830. The number of carbonyl (C=O) groups excluding carboxylic acids is 2. The van der Waals surface area contributed by atoms with Gasteiger partial charge < -0.3 is 15.4 Å². The van der Waals surface area contributed by atoms with Crippen LogP contribution in [-0.2, 0) is 11.3 Å². The summed E-state index contributed by atoms with van der Waals surface area (Å²) in [6.07, 6.45) is 3.54. The molecule has 0 spiro atoms. The molecule has 0 unspecified atom stereocenters. The van der Waals surface area contributed by atoms with Crippen LogP contribution < -0.4 is 20.7 Å². The maximum absolute atomic E-state index is 12.5. The number of carbonyl (C=O) groups is 2. The van der Waals surface area contributed by atoms with Gasteiger partial charge in [-0.1, -0.05) is 6.07 Å². The van der Waals surface area contributed by atoms with Gasteiger partial charge >= 0.3 is 6.18 Å². The van der Waals surface area contributed by atoms with Crippen molar-refractivity contribution in [3.05, 3.63) is 46.8 Å². The Kier molecular flexibility index (Phi) is 7.86. The topological polar surface area (TPSA) is 118 Å². The molecule has 2 aliphatic rings. The first-order valence-corrected chi connectivity index (χ1v) is 11.8. The molecule has 35 heavy (non-hydrogen) atoms. The third kappa shape index (κ3) is 7.39. The van der Waals surface area contributed by atoms with E-state index in [4.69, 9.17) is 4.74 Å². The molecule has 1 saturated heterocycles. The fraction of sp³-hybridized carbons (Fsp3) is 0.409. The molecule has 2 aromatic heterocycles. The van der Waals surface area contributed by atoms with E-state index in [0.29, 0.717) is 23.8 Å². The summed E-state index contributed by atoms with van der Waals surface area (Å²) in [6.45, 7) is -1.02. The number of rotatable bonds is 8. The second-order valence-corrected chi connectivity index (χ2v) is 9.12. The normalized spacial score (nSPS) is 21.7. The van der Waals surface area contributed by atoms with Crippen molar-refractivity contribution in [2.24, 2.45) is 0 Å². The molecule has 186 valence electrons. The summed E-state index contributed by atoms with van der Waals surface area (Å²) in [5.74, 6) is -0.0194. The number of amides is 2. The monoisotopic (exact) mass is 508 g/mol. The number of alkyl halides is 3. The van der Waals surface area contributed by atoms with Crippen molar-refractivity contribution in [1.82, 2.24) is 25.6 Å². The fourth-order valence-electron chi connectivity index (χ4n) is 3.80. The van der Waals surface area contributed by atoms with Crippen LogP contribution in [-0.4, -0.2) is 51.0 Å². The van der Waals surface area contributed by atoms with E-state index >= 15 is 0 Å². The van der Waals surface area contributed by atoms with Gasteiger partial charge in [-0.2, -0.15) is 13.2 Å². The maximum Gasteiger partial charge on any atom is 0.422 e. The minimum absolute atomic E-state index is 0.0162. The number of halogens is 3. The number of aromatic nitrogens is 3. The fourth-order valence-corrected chi connectivity index (χ4v) is 4.46. The molecule has 4 rings (SSSR count). The molecular formula is C22H23F3N6O3S. The van der Waals surface area contributed by atoms with Crippen LogP contribution in [0.25, 0.3) is 6.08 Å². The molecule has 3 N–H and O–H groups in total. The summed E-state index contributed by atoms with van der Waals surface area (Å²) < 4.78 is 42.3. The van der Waals surface area contributed by atoms with E-state index < -0.39 is 23.9 Å². The molecule has 1 aliphatic heterocycles. The van der Waals surface area contributed by atoms with Crippen molar-refractivity contribution in [1.29, 1.82) is 0 Å². The van der Waals surface area contributed by atoms with Crippen LogP contribution in [0, 0.1) is 0 Å². The van der Waals surface area contributed by atoms with Crippen molar-refractivity contribution in [2.45, 2.75) is 50.5 Å². The van der Waals surface area contributed by atoms with Gasteiger partial charge in [0.1, 0.15) is 0 Å². The number of pyridine rings is 1. The number of hydrogen-bond donors (Lipinski definition) is 3. The summed E-state index contributed by atoms with van der Waals surface area (Å²) in [5.41, 5.74) is 1.09. The smallest absolute Gasteiger partial charge is 0.422 e. The third-order valence-electron chi connectivity index (χ3n) is 5.46. The minimum Gasteiger partial charge on any atom is -0.468 e. The lowest BCUT2D eigenvalue weighted by atomic mass is 9.91. The molecule has 1 aliphatic carbocycles. The van der Waals surface area contributed by atoms with Gasteiger partial charge in [0.05, 0.1) is 10.6 Å². The number of anilines is 1. The summed E-state index contributed by atoms with van der Waals surface area (Å²) in [7, 11) is 0. The highest BCUT2D eigenvalue weighted by Gasteiger charge is 2.29. The second-order valence-electron chi connectivity index (χ2n) is 8.10. The molecule has 13 heteroatoms. The molecule has 9 nitrogen and oxygen atoms in total. The van der Waals surface area contributed by atoms with Crippen molar-refractivity contribution >= 4 is 34.9 Å². The Balaban J connectivity index is 1.26. The third-order valence-corrected chi connectivity index (χ3v) is 6.27. The van der Waals surface area contributed by atoms with Crippen LogP contribution in [0.3, 0.4) is 0 Å². The van der Waals surface area contributed by atoms with Crippen molar-refractivity contribution < 1.29 is 27.5 Å². The van der Waals surface area contributed by atoms with Gasteiger partial charge in [0.25, 0.3) is 11.1 Å². The first-order valence-electron chi connectivity index (χ1n) is 11.0. The molecule has 2 amide bonds. The Bertz CT molecular complexity index is 1110. The van der Waals surface area contributed by atoms with Gasteiger partial charge in [-0.15, -0.1) is 0 Å². The second kappa shape index (κ2) is 11.0. The first-order chi connectivity index (χ1) is 16.7. The Labute approximate surface area is 203 Å². The van der Waals surface area contributed by atoms with Gasteiger partial charge in [-0.3, -0.25) is 14.9 Å². The van der Waals surface area contributed by atoms with E-state index in [2.05, 4.69) is 30.9 Å². The molecule has 3 heterocycles. The number of nitrogens with one attached hydrogen (secondary N) is 3. The van der Waals surface area contributed by atoms with Crippen LogP contribution in [0.15, 0.2) is 35.5 Å². The quantitative estimate of drug-likeness (QED) is 0.459. The van der Waals surface area contributed by atoms with E-state index in [1.807, 2.05) is 0 Å². The number of nitrogens with zero attached hydrogens (tertiary/aromatic N) is 3. The average Bonchev–Trinajstić information content (AvgIpc) is 3.14. The predicted molar refractivity (Wildman–Crippen MR) is 123 cm³/mol. The van der Waals surface area contributed by atoms with E-state index in [1.54, 1.807) is 30.5 Å². The molecule has 0 atom stereocenters. The van der Waals surface area contributed by atoms with Crippen LogP contribution in [0.2, 0.25) is 0 Å². The predicted octanol–water partition coefficient (Wildman–Crippen LogP) is 3.65. The van der Waals surface area contributed by atoms with Crippen molar-refractivity contribution in [2.75, 3.05) is 11.9 Å². The highest BCUT2D eigenvalue weighted by molar-refractivity contribution is 8.18. The molecule has 1 saturated carbocycles. The van der Waals surface area contributed by atoms with E-state index in [1.165, 1.54) is 6.20 Å². The van der Waals surface area contributed by atoms with Gasteiger partial charge in [-0.05, 0) is 55.7 Å². The minimum atomic E-state index is -4.42. The largest absolute Gasteiger partial charge is 0.468 e. The molecule has 0 aromatic carbocycles. The van der Waals surface area contributed by atoms with Gasteiger partial charge in [0.2, 0.25) is 11.8 Å². The van der Waals surface area contributed by atoms with Gasteiger partial charge in [0.15, 0.2) is 6.61 Å². The molecular weight excluding hydrogens is 485 g/mol. The maximum atomic E-state index is 12.5. The van der Waals surface area contributed by atoms with Crippen molar-refractivity contribution in [3.63, 3.8) is 0 Å².